The van der Waals surface area contributed by atoms with Crippen LogP contribution in [0.4, 0.5) is 17.3 Å². The van der Waals surface area contributed by atoms with Gasteiger partial charge < -0.3 is 15.5 Å². The predicted molar refractivity (Wildman–Crippen MR) is 86.0 cm³/mol. The second-order valence-electron chi connectivity index (χ2n) is 4.97. The molecule has 0 aliphatic carbocycles. The monoisotopic (exact) mass is 304 g/mol. The zero-order valence-corrected chi connectivity index (χ0v) is 12.7. The fourth-order valence-electron chi connectivity index (χ4n) is 2.75. The van der Waals surface area contributed by atoms with E-state index in [4.69, 9.17) is 10.7 Å². The van der Waals surface area contributed by atoms with E-state index in [-0.39, 0.29) is 24.8 Å². The van der Waals surface area contributed by atoms with Crippen LogP contribution in [0.2, 0.25) is 0 Å². The summed E-state index contributed by atoms with van der Waals surface area (Å²) in [6.45, 7) is 4.47. The predicted octanol–water partition coefficient (Wildman–Crippen LogP) is 2.71. The van der Waals surface area contributed by atoms with E-state index >= 15 is 0 Å². The van der Waals surface area contributed by atoms with Gasteiger partial charge in [0, 0.05) is 26.2 Å². The standard InChI is InChI=1S/C13H20N4.2ClH/c14-11-5-6-12(16-7-1-2-8-16)15-13(11)17-9-3-4-10-17;;/h5-6H,1-4,7-10,14H2;2*1H. The minimum atomic E-state index is 0. The SMILES string of the molecule is Cl.Cl.Nc1ccc(N2CCCC2)nc1N1CCCC1. The molecular weight excluding hydrogens is 283 g/mol. The van der Waals surface area contributed by atoms with Gasteiger partial charge in [0.15, 0.2) is 5.82 Å². The number of aromatic nitrogens is 1. The molecule has 0 amide bonds. The first-order valence-corrected chi connectivity index (χ1v) is 6.61. The van der Waals surface area contributed by atoms with Gasteiger partial charge in [0.25, 0.3) is 0 Å². The van der Waals surface area contributed by atoms with Crippen LogP contribution in [0.15, 0.2) is 12.1 Å². The average molecular weight is 305 g/mol. The van der Waals surface area contributed by atoms with Crippen LogP contribution >= 0.6 is 24.8 Å². The quantitative estimate of drug-likeness (QED) is 0.912. The summed E-state index contributed by atoms with van der Waals surface area (Å²) in [5.41, 5.74) is 6.86. The zero-order chi connectivity index (χ0) is 11.7. The number of hydrogen-bond acceptors (Lipinski definition) is 4. The highest BCUT2D eigenvalue weighted by Crippen LogP contribution is 2.28. The van der Waals surface area contributed by atoms with Gasteiger partial charge in [-0.1, -0.05) is 0 Å². The second kappa shape index (κ2) is 7.06. The highest BCUT2D eigenvalue weighted by atomic mass is 35.5. The highest BCUT2D eigenvalue weighted by Gasteiger charge is 2.19. The van der Waals surface area contributed by atoms with E-state index in [0.29, 0.717) is 0 Å². The van der Waals surface area contributed by atoms with E-state index in [2.05, 4.69) is 15.9 Å². The third-order valence-corrected chi connectivity index (χ3v) is 3.73. The van der Waals surface area contributed by atoms with Gasteiger partial charge in [-0.25, -0.2) is 4.98 Å². The molecule has 0 radical (unpaired) electrons. The zero-order valence-electron chi connectivity index (χ0n) is 11.0. The molecule has 2 N–H and O–H groups in total. The number of pyridine rings is 1. The van der Waals surface area contributed by atoms with E-state index in [1.54, 1.807) is 0 Å². The number of rotatable bonds is 2. The Bertz CT molecular complexity index is 402. The largest absolute Gasteiger partial charge is 0.396 e. The second-order valence-corrected chi connectivity index (χ2v) is 4.97. The van der Waals surface area contributed by atoms with Crippen molar-refractivity contribution in [2.24, 2.45) is 0 Å². The Balaban J connectivity index is 0.000000902. The van der Waals surface area contributed by atoms with Crippen molar-refractivity contribution in [3.8, 4) is 0 Å². The maximum atomic E-state index is 6.05. The summed E-state index contributed by atoms with van der Waals surface area (Å²) in [7, 11) is 0. The highest BCUT2D eigenvalue weighted by molar-refractivity contribution is 5.85. The Labute approximate surface area is 127 Å². The van der Waals surface area contributed by atoms with Crippen molar-refractivity contribution in [2.75, 3.05) is 41.7 Å². The van der Waals surface area contributed by atoms with Gasteiger partial charge in [0.05, 0.1) is 5.69 Å². The maximum Gasteiger partial charge on any atom is 0.154 e. The Morgan fingerprint density at radius 3 is 1.95 bits per heavy atom. The summed E-state index contributed by atoms with van der Waals surface area (Å²) in [6, 6.07) is 4.06. The minimum absolute atomic E-state index is 0. The third-order valence-electron chi connectivity index (χ3n) is 3.73. The topological polar surface area (TPSA) is 45.4 Å². The van der Waals surface area contributed by atoms with Crippen molar-refractivity contribution in [2.45, 2.75) is 25.7 Å². The van der Waals surface area contributed by atoms with Crippen LogP contribution in [-0.4, -0.2) is 31.2 Å². The molecule has 4 nitrogen and oxygen atoms in total. The van der Waals surface area contributed by atoms with E-state index in [9.17, 15) is 0 Å². The molecule has 2 fully saturated rings. The fourth-order valence-corrected chi connectivity index (χ4v) is 2.75. The van der Waals surface area contributed by atoms with E-state index in [0.717, 1.165) is 43.5 Å². The van der Waals surface area contributed by atoms with Gasteiger partial charge in [0.1, 0.15) is 5.82 Å². The first kappa shape index (κ1) is 16.2. The molecule has 3 rings (SSSR count). The van der Waals surface area contributed by atoms with Gasteiger partial charge in [-0.15, -0.1) is 24.8 Å². The van der Waals surface area contributed by atoms with Gasteiger partial charge in [-0.05, 0) is 37.8 Å². The Morgan fingerprint density at radius 1 is 0.842 bits per heavy atom. The summed E-state index contributed by atoms with van der Waals surface area (Å²) in [5, 5.41) is 0. The number of halogens is 2. The van der Waals surface area contributed by atoms with E-state index in [1.807, 2.05) is 6.07 Å². The molecule has 19 heavy (non-hydrogen) atoms. The van der Waals surface area contributed by atoms with Gasteiger partial charge in [-0.2, -0.15) is 0 Å². The van der Waals surface area contributed by atoms with Crippen molar-refractivity contribution in [3.05, 3.63) is 12.1 Å². The lowest BCUT2D eigenvalue weighted by molar-refractivity contribution is 0.903. The molecule has 2 aliphatic rings. The molecule has 1 aromatic heterocycles. The van der Waals surface area contributed by atoms with Crippen LogP contribution in [-0.2, 0) is 0 Å². The molecule has 0 spiro atoms. The van der Waals surface area contributed by atoms with Crippen LogP contribution < -0.4 is 15.5 Å². The van der Waals surface area contributed by atoms with Crippen LogP contribution in [0.25, 0.3) is 0 Å². The van der Waals surface area contributed by atoms with Crippen LogP contribution in [0.3, 0.4) is 0 Å². The number of anilines is 3. The van der Waals surface area contributed by atoms with Crippen LogP contribution in [0.1, 0.15) is 25.7 Å². The van der Waals surface area contributed by atoms with Gasteiger partial charge in [0.2, 0.25) is 0 Å². The Hall–Kier alpha value is -0.870. The minimum Gasteiger partial charge on any atom is -0.396 e. The van der Waals surface area contributed by atoms with Crippen molar-refractivity contribution >= 4 is 42.1 Å². The first-order valence-electron chi connectivity index (χ1n) is 6.61. The molecule has 0 bridgehead atoms. The molecule has 0 saturated carbocycles. The Kier molecular flexibility index (Phi) is 6.01. The summed E-state index contributed by atoms with van der Waals surface area (Å²) in [5.74, 6) is 2.09. The lowest BCUT2D eigenvalue weighted by Crippen LogP contribution is -2.23. The third kappa shape index (κ3) is 3.37. The van der Waals surface area contributed by atoms with Crippen molar-refractivity contribution in [3.63, 3.8) is 0 Å². The molecule has 1 aromatic rings. The molecule has 3 heterocycles. The number of nitrogen functional groups attached to an aromatic ring is 1. The van der Waals surface area contributed by atoms with Crippen molar-refractivity contribution in [1.29, 1.82) is 0 Å². The molecule has 108 valence electrons. The van der Waals surface area contributed by atoms with Crippen molar-refractivity contribution < 1.29 is 0 Å². The lowest BCUT2D eigenvalue weighted by Gasteiger charge is -2.22. The van der Waals surface area contributed by atoms with Gasteiger partial charge >= 0.3 is 0 Å². The molecular formula is C13H22Cl2N4. The smallest absolute Gasteiger partial charge is 0.154 e. The molecule has 0 aromatic carbocycles. The summed E-state index contributed by atoms with van der Waals surface area (Å²) < 4.78 is 0. The van der Waals surface area contributed by atoms with E-state index < -0.39 is 0 Å². The normalized spacial score (nSPS) is 18.1. The number of nitrogens with two attached hydrogens (primary N) is 1. The van der Waals surface area contributed by atoms with Crippen LogP contribution in [0.5, 0.6) is 0 Å². The van der Waals surface area contributed by atoms with E-state index in [1.165, 1.54) is 25.7 Å². The molecule has 0 atom stereocenters. The maximum absolute atomic E-state index is 6.05. The average Bonchev–Trinajstić information content (AvgIpc) is 3.03. The lowest BCUT2D eigenvalue weighted by atomic mass is 10.3. The molecule has 2 aliphatic heterocycles. The van der Waals surface area contributed by atoms with Crippen molar-refractivity contribution in [1.82, 2.24) is 4.98 Å². The first-order chi connectivity index (χ1) is 8.34. The number of hydrogen-bond donors (Lipinski definition) is 1. The summed E-state index contributed by atoms with van der Waals surface area (Å²) in [6.07, 6.45) is 5.08. The Morgan fingerprint density at radius 2 is 1.37 bits per heavy atom. The molecule has 0 unspecified atom stereocenters. The number of nitrogens with zero attached hydrogens (tertiary/aromatic N) is 3. The van der Waals surface area contributed by atoms with Gasteiger partial charge in [-0.3, -0.25) is 0 Å². The summed E-state index contributed by atoms with van der Waals surface area (Å²) >= 11 is 0. The molecule has 2 saturated heterocycles. The summed E-state index contributed by atoms with van der Waals surface area (Å²) in [4.78, 5) is 9.44. The fraction of sp³-hybridized carbons (Fsp3) is 0.615. The van der Waals surface area contributed by atoms with Crippen LogP contribution in [0, 0.1) is 0 Å². The molecule has 6 heteroatoms.